The average molecular weight is 454 g/mol. The molecular weight excluding hydrogens is 434 g/mol. The second kappa shape index (κ2) is 9.98. The van der Waals surface area contributed by atoms with Crippen LogP contribution in [0, 0.1) is 11.3 Å². The Balaban J connectivity index is 2.00. The minimum absolute atomic E-state index is 0.143. The second-order valence-corrected chi connectivity index (χ2v) is 7.09. The van der Waals surface area contributed by atoms with Crippen LogP contribution in [-0.4, -0.2) is 31.1 Å². The number of barbiturate groups is 1. The zero-order chi connectivity index (χ0) is 23.3. The molecule has 1 N–H and O–H groups in total. The van der Waals surface area contributed by atoms with Crippen molar-refractivity contribution >= 4 is 41.2 Å². The highest BCUT2D eigenvalue weighted by Gasteiger charge is 2.36. The summed E-state index contributed by atoms with van der Waals surface area (Å²) in [6.07, 6.45) is 2.13. The van der Waals surface area contributed by atoms with Gasteiger partial charge in [0.05, 0.1) is 17.3 Å². The van der Waals surface area contributed by atoms with E-state index in [9.17, 15) is 14.4 Å². The van der Waals surface area contributed by atoms with Crippen molar-refractivity contribution in [2.75, 3.05) is 18.1 Å². The molecule has 1 fully saturated rings. The largest absolute Gasteiger partial charge is 0.490 e. The minimum Gasteiger partial charge on any atom is -0.490 e. The second-order valence-electron chi connectivity index (χ2n) is 6.69. The van der Waals surface area contributed by atoms with Crippen LogP contribution in [0.4, 0.5) is 10.5 Å². The van der Waals surface area contributed by atoms with Gasteiger partial charge in [-0.05, 0) is 54.8 Å². The third kappa shape index (κ3) is 4.74. The van der Waals surface area contributed by atoms with Gasteiger partial charge in [0.1, 0.15) is 11.6 Å². The summed E-state index contributed by atoms with van der Waals surface area (Å²) in [6, 6.07) is 11.0. The van der Waals surface area contributed by atoms with E-state index in [1.165, 1.54) is 18.2 Å². The Morgan fingerprint density at radius 2 is 1.84 bits per heavy atom. The van der Waals surface area contributed by atoms with Gasteiger partial charge in [0.15, 0.2) is 18.1 Å². The summed E-state index contributed by atoms with van der Waals surface area (Å²) in [7, 11) is 0. The molecule has 2 aromatic carbocycles. The van der Waals surface area contributed by atoms with Crippen LogP contribution in [0.2, 0.25) is 5.02 Å². The first-order valence-corrected chi connectivity index (χ1v) is 10.2. The Morgan fingerprint density at radius 3 is 2.47 bits per heavy atom. The summed E-state index contributed by atoms with van der Waals surface area (Å²) < 4.78 is 10.9. The molecule has 8 nitrogen and oxygen atoms in total. The van der Waals surface area contributed by atoms with Crippen LogP contribution in [0.3, 0.4) is 0 Å². The van der Waals surface area contributed by atoms with Gasteiger partial charge in [-0.3, -0.25) is 14.9 Å². The average Bonchev–Trinajstić information content (AvgIpc) is 2.76. The molecule has 1 aliphatic heterocycles. The number of nitriles is 1. The van der Waals surface area contributed by atoms with Gasteiger partial charge in [-0.25, -0.2) is 9.69 Å². The van der Waals surface area contributed by atoms with Crippen molar-refractivity contribution in [1.82, 2.24) is 5.32 Å². The maximum Gasteiger partial charge on any atom is 0.335 e. The summed E-state index contributed by atoms with van der Waals surface area (Å²) in [4.78, 5) is 38.8. The number of hydrogen-bond donors (Lipinski definition) is 1. The Labute approximate surface area is 190 Å². The standard InChI is InChI=1S/C23H20ClN3O5/c1-3-14-5-7-16(8-6-14)27-22(29)17(21(28)26-23(27)30)11-15-12-18(24)20(32-10-9-25)19(13-15)31-4-2/h5-8,11-13H,3-4,10H2,1-2H3,(H,26,28,30)/b17-11-. The van der Waals surface area contributed by atoms with E-state index in [0.29, 0.717) is 17.9 Å². The Morgan fingerprint density at radius 1 is 1.12 bits per heavy atom. The molecule has 1 heterocycles. The number of halogens is 1. The summed E-state index contributed by atoms with van der Waals surface area (Å²) in [5, 5.41) is 11.1. The van der Waals surface area contributed by atoms with Gasteiger partial charge in [-0.15, -0.1) is 0 Å². The first kappa shape index (κ1) is 22.8. The van der Waals surface area contributed by atoms with Crippen LogP contribution in [0.5, 0.6) is 11.5 Å². The quantitative estimate of drug-likeness (QED) is 0.503. The molecule has 1 saturated heterocycles. The van der Waals surface area contributed by atoms with Crippen LogP contribution >= 0.6 is 11.6 Å². The first-order valence-electron chi connectivity index (χ1n) is 9.86. The molecule has 164 valence electrons. The molecule has 0 bridgehead atoms. The molecule has 9 heteroatoms. The zero-order valence-electron chi connectivity index (χ0n) is 17.5. The van der Waals surface area contributed by atoms with E-state index in [-0.39, 0.29) is 28.7 Å². The van der Waals surface area contributed by atoms with E-state index in [1.54, 1.807) is 19.1 Å². The number of urea groups is 1. The number of nitrogens with one attached hydrogen (secondary N) is 1. The number of hydrogen-bond acceptors (Lipinski definition) is 6. The third-order valence-electron chi connectivity index (χ3n) is 4.63. The predicted octanol–water partition coefficient (Wildman–Crippen LogP) is 3.87. The molecular formula is C23H20ClN3O5. The number of amides is 4. The van der Waals surface area contributed by atoms with Crippen molar-refractivity contribution in [3.63, 3.8) is 0 Å². The molecule has 0 saturated carbocycles. The van der Waals surface area contributed by atoms with Gasteiger partial charge in [0.25, 0.3) is 11.8 Å². The van der Waals surface area contributed by atoms with Crippen LogP contribution < -0.4 is 19.7 Å². The molecule has 0 unspecified atom stereocenters. The highest BCUT2D eigenvalue weighted by molar-refractivity contribution is 6.39. The molecule has 0 aromatic heterocycles. The first-order chi connectivity index (χ1) is 15.4. The lowest BCUT2D eigenvalue weighted by Crippen LogP contribution is -2.54. The smallest absolute Gasteiger partial charge is 0.335 e. The number of anilines is 1. The number of aryl methyl sites for hydroxylation is 1. The number of nitrogens with zero attached hydrogens (tertiary/aromatic N) is 2. The van der Waals surface area contributed by atoms with Crippen molar-refractivity contribution < 1.29 is 23.9 Å². The summed E-state index contributed by atoms with van der Waals surface area (Å²) in [5.74, 6) is -1.14. The lowest BCUT2D eigenvalue weighted by Gasteiger charge is -2.26. The Kier molecular flexibility index (Phi) is 7.13. The van der Waals surface area contributed by atoms with E-state index >= 15 is 0 Å². The monoisotopic (exact) mass is 453 g/mol. The zero-order valence-corrected chi connectivity index (χ0v) is 18.2. The number of benzene rings is 2. The van der Waals surface area contributed by atoms with Crippen molar-refractivity contribution in [1.29, 1.82) is 5.26 Å². The molecule has 0 radical (unpaired) electrons. The molecule has 1 aliphatic rings. The van der Waals surface area contributed by atoms with Gasteiger partial charge in [0, 0.05) is 0 Å². The number of ether oxygens (including phenoxy) is 2. The molecule has 0 atom stereocenters. The maximum absolute atomic E-state index is 13.1. The Bertz CT molecular complexity index is 1140. The minimum atomic E-state index is -0.824. The summed E-state index contributed by atoms with van der Waals surface area (Å²) in [6.45, 7) is 3.83. The van der Waals surface area contributed by atoms with Crippen molar-refractivity contribution in [2.24, 2.45) is 0 Å². The van der Waals surface area contributed by atoms with E-state index < -0.39 is 17.8 Å². The molecule has 2 aromatic rings. The third-order valence-corrected chi connectivity index (χ3v) is 4.91. The molecule has 0 spiro atoms. The number of carbonyl (C=O) groups is 3. The molecule has 3 rings (SSSR count). The Hall–Kier alpha value is -3.83. The van der Waals surface area contributed by atoms with Crippen molar-refractivity contribution in [3.05, 3.63) is 58.1 Å². The fourth-order valence-electron chi connectivity index (χ4n) is 3.12. The van der Waals surface area contributed by atoms with E-state index in [4.69, 9.17) is 26.3 Å². The fraction of sp³-hybridized carbons (Fsp3) is 0.217. The van der Waals surface area contributed by atoms with Gasteiger partial charge in [-0.2, -0.15) is 5.26 Å². The van der Waals surface area contributed by atoms with Gasteiger partial charge < -0.3 is 9.47 Å². The van der Waals surface area contributed by atoms with Gasteiger partial charge in [-0.1, -0.05) is 30.7 Å². The predicted molar refractivity (Wildman–Crippen MR) is 119 cm³/mol. The lowest BCUT2D eigenvalue weighted by molar-refractivity contribution is -0.122. The van der Waals surface area contributed by atoms with Gasteiger partial charge in [0.2, 0.25) is 0 Å². The molecule has 0 aliphatic carbocycles. The highest BCUT2D eigenvalue weighted by atomic mass is 35.5. The van der Waals surface area contributed by atoms with E-state index in [2.05, 4.69) is 5.32 Å². The normalized spacial score (nSPS) is 14.9. The summed E-state index contributed by atoms with van der Waals surface area (Å²) >= 11 is 6.28. The molecule has 32 heavy (non-hydrogen) atoms. The van der Waals surface area contributed by atoms with E-state index in [1.807, 2.05) is 25.1 Å². The number of carbonyl (C=O) groups excluding carboxylic acids is 3. The number of imide groups is 2. The van der Waals surface area contributed by atoms with Gasteiger partial charge >= 0.3 is 6.03 Å². The highest BCUT2D eigenvalue weighted by Crippen LogP contribution is 2.37. The number of rotatable bonds is 7. The summed E-state index contributed by atoms with van der Waals surface area (Å²) in [5.41, 5.74) is 1.53. The SMILES string of the molecule is CCOc1cc(/C=C2/C(=O)NC(=O)N(c3ccc(CC)cc3)C2=O)cc(Cl)c1OCC#N. The van der Waals surface area contributed by atoms with Crippen LogP contribution in [-0.2, 0) is 16.0 Å². The van der Waals surface area contributed by atoms with Crippen LogP contribution in [0.15, 0.2) is 42.0 Å². The molecule has 4 amide bonds. The van der Waals surface area contributed by atoms with Crippen molar-refractivity contribution in [2.45, 2.75) is 20.3 Å². The van der Waals surface area contributed by atoms with E-state index in [0.717, 1.165) is 16.9 Å². The lowest BCUT2D eigenvalue weighted by atomic mass is 10.1. The van der Waals surface area contributed by atoms with Crippen LogP contribution in [0.25, 0.3) is 6.08 Å². The maximum atomic E-state index is 13.1. The topological polar surface area (TPSA) is 109 Å². The van der Waals surface area contributed by atoms with Crippen LogP contribution in [0.1, 0.15) is 25.0 Å². The fourth-order valence-corrected chi connectivity index (χ4v) is 3.39. The van der Waals surface area contributed by atoms with Crippen molar-refractivity contribution in [3.8, 4) is 17.6 Å².